The van der Waals surface area contributed by atoms with Crippen LogP contribution in [0.2, 0.25) is 0 Å². The van der Waals surface area contributed by atoms with Gasteiger partial charge < -0.3 is 19.1 Å². The van der Waals surface area contributed by atoms with Gasteiger partial charge in [0.2, 0.25) is 11.7 Å². The fraction of sp³-hybridized carbons (Fsp3) is 0.360. The average molecular weight is 449 g/mol. The monoisotopic (exact) mass is 448 g/mol. The molecule has 2 aromatic heterocycles. The van der Waals surface area contributed by atoms with Crippen molar-refractivity contribution in [2.45, 2.75) is 26.6 Å². The van der Waals surface area contributed by atoms with Gasteiger partial charge in [-0.15, -0.1) is 0 Å². The van der Waals surface area contributed by atoms with Crippen molar-refractivity contribution in [3.8, 4) is 11.3 Å². The largest absolute Gasteiger partial charge is 0.370 e. The van der Waals surface area contributed by atoms with Crippen LogP contribution in [-0.4, -0.2) is 64.0 Å². The number of ether oxygens (including phenoxy) is 1. The van der Waals surface area contributed by atoms with Crippen molar-refractivity contribution in [2.24, 2.45) is 5.92 Å². The van der Waals surface area contributed by atoms with Crippen molar-refractivity contribution in [1.29, 1.82) is 0 Å². The van der Waals surface area contributed by atoms with E-state index in [4.69, 9.17) is 9.26 Å². The van der Waals surface area contributed by atoms with Crippen LogP contribution in [0.1, 0.15) is 30.0 Å². The highest BCUT2D eigenvalue weighted by Gasteiger charge is 2.33. The molecule has 1 atom stereocenters. The Morgan fingerprint density at radius 3 is 2.73 bits per heavy atom. The lowest BCUT2D eigenvalue weighted by atomic mass is 10.1. The molecule has 172 valence electrons. The van der Waals surface area contributed by atoms with Crippen LogP contribution in [0.3, 0.4) is 0 Å². The molecule has 0 aliphatic carbocycles. The maximum absolute atomic E-state index is 13.2. The number of pyridine rings is 1. The molecule has 1 aliphatic rings. The van der Waals surface area contributed by atoms with E-state index in [2.05, 4.69) is 24.0 Å². The first kappa shape index (κ1) is 22.7. The van der Waals surface area contributed by atoms with E-state index in [0.717, 1.165) is 11.1 Å². The van der Waals surface area contributed by atoms with Crippen molar-refractivity contribution in [3.05, 3.63) is 72.2 Å². The molecule has 3 heterocycles. The summed E-state index contributed by atoms with van der Waals surface area (Å²) >= 11 is 0. The van der Waals surface area contributed by atoms with Gasteiger partial charge in [0.15, 0.2) is 0 Å². The molecule has 33 heavy (non-hydrogen) atoms. The highest BCUT2D eigenvalue weighted by Crippen LogP contribution is 2.21. The Balaban J connectivity index is 1.51. The molecule has 0 spiro atoms. The lowest BCUT2D eigenvalue weighted by molar-refractivity contribution is -0.132. The first-order valence-electron chi connectivity index (χ1n) is 11.1. The zero-order chi connectivity index (χ0) is 23.2. The Morgan fingerprint density at radius 1 is 1.18 bits per heavy atom. The summed E-state index contributed by atoms with van der Waals surface area (Å²) in [5, 5.41) is 4.04. The fourth-order valence-electron chi connectivity index (χ4n) is 3.83. The van der Waals surface area contributed by atoms with E-state index in [1.165, 1.54) is 4.90 Å². The molecule has 8 nitrogen and oxygen atoms in total. The number of carbonyl (C=O) groups is 2. The molecule has 1 aromatic carbocycles. The summed E-state index contributed by atoms with van der Waals surface area (Å²) in [4.78, 5) is 33.6. The van der Waals surface area contributed by atoms with Gasteiger partial charge in [-0.3, -0.25) is 14.6 Å². The normalized spacial score (nSPS) is 16.8. The molecule has 3 aromatic rings. The van der Waals surface area contributed by atoms with Gasteiger partial charge in [-0.05, 0) is 17.5 Å². The summed E-state index contributed by atoms with van der Waals surface area (Å²) in [5.74, 6) is -0.0745. The van der Waals surface area contributed by atoms with Crippen LogP contribution in [0.15, 0.2) is 65.4 Å². The lowest BCUT2D eigenvalue weighted by Gasteiger charge is -2.25. The second-order valence-corrected chi connectivity index (χ2v) is 8.61. The molecule has 0 saturated carbocycles. The second-order valence-electron chi connectivity index (χ2n) is 8.61. The quantitative estimate of drug-likeness (QED) is 0.551. The van der Waals surface area contributed by atoms with Crippen LogP contribution >= 0.6 is 0 Å². The Bertz CT molecular complexity index is 1070. The smallest absolute Gasteiger partial charge is 0.293 e. The van der Waals surface area contributed by atoms with Crippen LogP contribution < -0.4 is 0 Å². The predicted octanol–water partition coefficient (Wildman–Crippen LogP) is 3.26. The molecule has 1 aliphatic heterocycles. The van der Waals surface area contributed by atoms with E-state index in [1.54, 1.807) is 23.4 Å². The van der Waals surface area contributed by atoms with Crippen molar-refractivity contribution in [2.75, 3.05) is 26.2 Å². The highest BCUT2D eigenvalue weighted by molar-refractivity contribution is 5.95. The summed E-state index contributed by atoms with van der Waals surface area (Å²) in [7, 11) is 0. The van der Waals surface area contributed by atoms with E-state index in [0.29, 0.717) is 31.3 Å². The van der Waals surface area contributed by atoms with Gasteiger partial charge >= 0.3 is 0 Å². The lowest BCUT2D eigenvalue weighted by Crippen LogP contribution is -2.40. The molecule has 2 amide bonds. The third-order valence-electron chi connectivity index (χ3n) is 5.40. The van der Waals surface area contributed by atoms with Gasteiger partial charge in [0, 0.05) is 43.7 Å². The number of benzene rings is 1. The number of hydrogen-bond acceptors (Lipinski definition) is 6. The summed E-state index contributed by atoms with van der Waals surface area (Å²) in [6, 6.07) is 14.9. The maximum Gasteiger partial charge on any atom is 0.293 e. The Labute approximate surface area is 193 Å². The molecule has 1 unspecified atom stereocenters. The van der Waals surface area contributed by atoms with E-state index >= 15 is 0 Å². The minimum absolute atomic E-state index is 0.0281. The Kier molecular flexibility index (Phi) is 7.14. The van der Waals surface area contributed by atoms with E-state index < -0.39 is 0 Å². The summed E-state index contributed by atoms with van der Waals surface area (Å²) in [5.41, 5.74) is 2.36. The highest BCUT2D eigenvalue weighted by atomic mass is 16.5. The van der Waals surface area contributed by atoms with Gasteiger partial charge in [0.1, 0.15) is 12.2 Å². The zero-order valence-corrected chi connectivity index (χ0v) is 18.9. The Hall–Kier alpha value is -3.52. The van der Waals surface area contributed by atoms with Crippen molar-refractivity contribution >= 4 is 11.8 Å². The molecular weight excluding hydrogens is 420 g/mol. The molecular formula is C25H28N4O4. The van der Waals surface area contributed by atoms with E-state index in [9.17, 15) is 9.59 Å². The third kappa shape index (κ3) is 5.84. The molecule has 1 saturated heterocycles. The third-order valence-corrected chi connectivity index (χ3v) is 5.40. The number of nitrogens with zero attached hydrogens (tertiary/aromatic N) is 4. The van der Waals surface area contributed by atoms with Gasteiger partial charge in [-0.25, -0.2) is 0 Å². The van der Waals surface area contributed by atoms with Crippen molar-refractivity contribution in [3.63, 3.8) is 0 Å². The Morgan fingerprint density at radius 2 is 2.00 bits per heavy atom. The first-order valence-corrected chi connectivity index (χ1v) is 11.1. The first-order chi connectivity index (χ1) is 16.0. The number of aromatic nitrogens is 2. The molecule has 0 N–H and O–H groups in total. The molecule has 0 bridgehead atoms. The zero-order valence-electron chi connectivity index (χ0n) is 18.9. The minimum atomic E-state index is -0.376. The average Bonchev–Trinajstić information content (AvgIpc) is 3.26. The summed E-state index contributed by atoms with van der Waals surface area (Å²) < 4.78 is 11.5. The van der Waals surface area contributed by atoms with E-state index in [1.807, 2.05) is 42.5 Å². The van der Waals surface area contributed by atoms with Gasteiger partial charge in [0.05, 0.1) is 12.7 Å². The molecule has 1 fully saturated rings. The standard InChI is InChI=1S/C25H28N4O4/c1-18(2)13-28-14-21(32-17-19-7-6-10-26-12-19)15-29(16-24(28)30)25(31)23-11-22(27-33-23)20-8-4-3-5-9-20/h3-12,18,21H,13-17H2,1-2H3. The topological polar surface area (TPSA) is 88.8 Å². The van der Waals surface area contributed by atoms with Crippen LogP contribution in [0.25, 0.3) is 11.3 Å². The maximum atomic E-state index is 13.2. The number of hydrogen-bond donors (Lipinski definition) is 0. The predicted molar refractivity (Wildman–Crippen MR) is 122 cm³/mol. The molecule has 0 radical (unpaired) electrons. The summed E-state index contributed by atoms with van der Waals surface area (Å²) in [6.45, 7) is 5.75. The SMILES string of the molecule is CC(C)CN1CC(OCc2cccnc2)CN(C(=O)c2cc(-c3ccccc3)no2)CC1=O. The minimum Gasteiger partial charge on any atom is -0.370 e. The summed E-state index contributed by atoms with van der Waals surface area (Å²) in [6.07, 6.45) is 3.12. The van der Waals surface area contributed by atoms with Crippen LogP contribution in [0.5, 0.6) is 0 Å². The van der Waals surface area contributed by atoms with Crippen LogP contribution in [0, 0.1) is 5.92 Å². The molecule has 4 rings (SSSR count). The van der Waals surface area contributed by atoms with Crippen molar-refractivity contribution < 1.29 is 18.8 Å². The van der Waals surface area contributed by atoms with E-state index in [-0.39, 0.29) is 36.8 Å². The van der Waals surface area contributed by atoms with Gasteiger partial charge in [-0.2, -0.15) is 0 Å². The van der Waals surface area contributed by atoms with Crippen LogP contribution in [0.4, 0.5) is 0 Å². The number of carbonyl (C=O) groups excluding carboxylic acids is 2. The second kappa shape index (κ2) is 10.4. The molecule has 8 heteroatoms. The van der Waals surface area contributed by atoms with Crippen molar-refractivity contribution in [1.82, 2.24) is 19.9 Å². The fourth-order valence-corrected chi connectivity index (χ4v) is 3.83. The number of rotatable bonds is 7. The van der Waals surface area contributed by atoms with Crippen LogP contribution in [-0.2, 0) is 16.1 Å². The van der Waals surface area contributed by atoms with Gasteiger partial charge in [-0.1, -0.05) is 55.4 Å². The number of amides is 2. The van der Waals surface area contributed by atoms with Gasteiger partial charge in [0.25, 0.3) is 5.91 Å².